The van der Waals surface area contributed by atoms with Crippen molar-refractivity contribution in [2.75, 3.05) is 0 Å². The van der Waals surface area contributed by atoms with Gasteiger partial charge in [-0.3, -0.25) is 13.9 Å². The van der Waals surface area contributed by atoms with Crippen LogP contribution >= 0.6 is 15.9 Å². The van der Waals surface area contributed by atoms with Crippen LogP contribution in [0.25, 0.3) is 0 Å². The van der Waals surface area contributed by atoms with Crippen molar-refractivity contribution < 1.29 is 56.3 Å². The fourth-order valence-electron chi connectivity index (χ4n) is 1.54. The fourth-order valence-corrected chi connectivity index (χ4v) is 2.05. The van der Waals surface area contributed by atoms with E-state index in [9.17, 15) is 9.18 Å². The van der Waals surface area contributed by atoms with Gasteiger partial charge >= 0.3 is 40.0 Å². The van der Waals surface area contributed by atoms with Crippen LogP contribution in [0.5, 0.6) is 0 Å². The van der Waals surface area contributed by atoms with E-state index in [4.69, 9.17) is 17.5 Å². The van der Waals surface area contributed by atoms with Gasteiger partial charge in [-0.1, -0.05) is 38.6 Å². The van der Waals surface area contributed by atoms with E-state index in [1.807, 2.05) is 6.92 Å². The molecule has 0 radical (unpaired) electrons. The fraction of sp³-hybridized carbons (Fsp3) is 0.462. The Balaban J connectivity index is 0. The van der Waals surface area contributed by atoms with E-state index < -0.39 is 21.8 Å². The van der Waals surface area contributed by atoms with Gasteiger partial charge in [0.2, 0.25) is 0 Å². The zero-order valence-corrected chi connectivity index (χ0v) is 18.1. The Bertz CT molecular complexity index is 635. The van der Waals surface area contributed by atoms with Crippen LogP contribution in [0.4, 0.5) is 4.39 Å². The van der Waals surface area contributed by atoms with Crippen molar-refractivity contribution in [3.05, 3.63) is 35.2 Å². The second-order valence-electron chi connectivity index (χ2n) is 5.05. The molecular formula is C13H19BrFN2NaO5S. The van der Waals surface area contributed by atoms with Gasteiger partial charge in [0.25, 0.3) is 5.91 Å². The number of hydrogen-bond donors (Lipinski definition) is 3. The Morgan fingerprint density at radius 2 is 2.00 bits per heavy atom. The molecular weight excluding hydrogens is 418 g/mol. The first kappa shape index (κ1) is 26.1. The maximum absolute atomic E-state index is 12.9. The zero-order chi connectivity index (χ0) is 18.3. The first-order valence-electron chi connectivity index (χ1n) is 6.54. The Kier molecular flexibility index (Phi) is 12.5. The summed E-state index contributed by atoms with van der Waals surface area (Å²) in [5.74, 6) is -0.836. The van der Waals surface area contributed by atoms with E-state index in [2.05, 4.69) is 40.1 Å². The van der Waals surface area contributed by atoms with Crippen molar-refractivity contribution in [2.24, 2.45) is 0 Å². The van der Waals surface area contributed by atoms with Crippen molar-refractivity contribution >= 4 is 32.2 Å². The number of hydrogen-bond acceptors (Lipinski definition) is 4. The molecule has 0 aromatic carbocycles. The van der Waals surface area contributed by atoms with Gasteiger partial charge in [-0.25, -0.2) is 9.37 Å². The first-order chi connectivity index (χ1) is 10.4. The molecule has 1 heterocycles. The molecule has 0 bridgehead atoms. The van der Waals surface area contributed by atoms with Crippen LogP contribution in [0.15, 0.2) is 16.7 Å². The number of halogens is 2. The van der Waals surface area contributed by atoms with Crippen LogP contribution in [0, 0.1) is 12.7 Å². The minimum Gasteiger partial charge on any atom is -0.375 e. The predicted molar refractivity (Wildman–Crippen MR) is 86.8 cm³/mol. The number of rotatable bonds is 5. The molecule has 1 atom stereocenters. The summed E-state index contributed by atoms with van der Waals surface area (Å²) in [7, 11) is -4.67. The molecule has 0 saturated carbocycles. The van der Waals surface area contributed by atoms with Crippen LogP contribution in [0.1, 0.15) is 43.6 Å². The Hall–Kier alpha value is -0.100. The van der Waals surface area contributed by atoms with Gasteiger partial charge in [0, 0.05) is 0 Å². The average Bonchev–Trinajstić information content (AvgIpc) is 2.33. The number of carbonyl (C=O) groups excluding carboxylic acids is 1. The molecule has 24 heavy (non-hydrogen) atoms. The second kappa shape index (κ2) is 11.5. The average molecular weight is 437 g/mol. The topological polar surface area (TPSA) is 117 Å². The van der Waals surface area contributed by atoms with E-state index in [0.717, 1.165) is 25.5 Å². The van der Waals surface area contributed by atoms with Crippen LogP contribution in [0.3, 0.4) is 0 Å². The number of pyridine rings is 1. The Labute approximate surface area is 171 Å². The van der Waals surface area contributed by atoms with E-state index >= 15 is 0 Å². The number of nitrogens with zero attached hydrogens (tertiary/aromatic N) is 1. The van der Waals surface area contributed by atoms with E-state index in [-0.39, 0.29) is 41.2 Å². The van der Waals surface area contributed by atoms with Crippen molar-refractivity contribution in [3.63, 3.8) is 0 Å². The summed E-state index contributed by atoms with van der Waals surface area (Å²) in [6.45, 7) is 7.91. The third kappa shape index (κ3) is 13.2. The van der Waals surface area contributed by atoms with Crippen LogP contribution in [-0.2, 0) is 10.4 Å². The summed E-state index contributed by atoms with van der Waals surface area (Å²) in [5, 5.41) is 2.80. The molecule has 0 aliphatic rings. The van der Waals surface area contributed by atoms with Gasteiger partial charge in [-0.05, 0) is 22.0 Å². The van der Waals surface area contributed by atoms with Gasteiger partial charge in [-0.2, -0.15) is 8.42 Å². The monoisotopic (exact) mass is 436 g/mol. The van der Waals surface area contributed by atoms with Gasteiger partial charge in [0.1, 0.15) is 11.5 Å². The molecule has 0 fully saturated rings. The predicted octanol–water partition coefficient (Wildman–Crippen LogP) is -0.153. The number of aromatic nitrogens is 1. The SMILES string of the molecule is O=S(=O)(O)O.[CH2-]C(C)(CCCC)NC(=O)c1ncc(F)cc1Br.[Na+]. The molecule has 1 amide bonds. The maximum atomic E-state index is 12.9. The minimum absolute atomic E-state index is 0. The second-order valence-corrected chi connectivity index (χ2v) is 6.80. The standard InChI is InChI=1S/C13H17BrFN2O.Na.H2O4S/c1-4-5-6-13(2,3)17-12(18)11-10(14)7-9(15)8-16-11;;1-5(2,3)4/h7-8H,2,4-6H2,1,3H3,(H,17,18);;(H2,1,2,3,4)/q-1;+1;. The summed E-state index contributed by atoms with van der Waals surface area (Å²) in [6, 6.07) is 1.22. The normalized spacial score (nSPS) is 13.0. The van der Waals surface area contributed by atoms with Gasteiger partial charge in [0.05, 0.1) is 10.7 Å². The number of carbonyl (C=O) groups is 1. The molecule has 0 aliphatic heterocycles. The summed E-state index contributed by atoms with van der Waals surface area (Å²) < 4.78 is 44.8. The zero-order valence-electron chi connectivity index (χ0n) is 13.7. The van der Waals surface area contributed by atoms with Crippen LogP contribution in [-0.4, -0.2) is 34.0 Å². The molecule has 1 rings (SSSR count). The van der Waals surface area contributed by atoms with E-state index in [0.29, 0.717) is 4.47 Å². The first-order valence-corrected chi connectivity index (χ1v) is 8.73. The van der Waals surface area contributed by atoms with Crippen LogP contribution < -0.4 is 34.9 Å². The molecule has 7 nitrogen and oxygen atoms in total. The molecule has 1 aromatic rings. The quantitative estimate of drug-likeness (QED) is 0.335. The maximum Gasteiger partial charge on any atom is 1.00 e. The van der Waals surface area contributed by atoms with E-state index in [1.54, 1.807) is 0 Å². The minimum atomic E-state index is -4.67. The molecule has 0 saturated heterocycles. The largest absolute Gasteiger partial charge is 1.00 e. The molecule has 0 aliphatic carbocycles. The molecule has 0 spiro atoms. The van der Waals surface area contributed by atoms with Gasteiger partial charge < -0.3 is 12.2 Å². The van der Waals surface area contributed by atoms with Gasteiger partial charge in [-0.15, -0.1) is 0 Å². The Morgan fingerprint density at radius 3 is 2.42 bits per heavy atom. The molecule has 11 heteroatoms. The smallest absolute Gasteiger partial charge is 0.375 e. The van der Waals surface area contributed by atoms with Crippen molar-refractivity contribution in [1.82, 2.24) is 10.3 Å². The summed E-state index contributed by atoms with van der Waals surface area (Å²) in [6.07, 6.45) is 3.83. The Morgan fingerprint density at radius 1 is 1.50 bits per heavy atom. The molecule has 1 aromatic heterocycles. The van der Waals surface area contributed by atoms with E-state index in [1.165, 1.54) is 6.07 Å². The van der Waals surface area contributed by atoms with Crippen LogP contribution in [0.2, 0.25) is 0 Å². The van der Waals surface area contributed by atoms with Crippen molar-refractivity contribution in [1.29, 1.82) is 0 Å². The molecule has 132 valence electrons. The van der Waals surface area contributed by atoms with Crippen molar-refractivity contribution in [3.8, 4) is 0 Å². The number of amides is 1. The summed E-state index contributed by atoms with van der Waals surface area (Å²) >= 11 is 3.12. The number of unbranched alkanes of at least 4 members (excludes halogenated alkanes) is 1. The summed E-state index contributed by atoms with van der Waals surface area (Å²) in [4.78, 5) is 15.8. The van der Waals surface area contributed by atoms with Crippen molar-refractivity contribution in [2.45, 2.75) is 38.6 Å². The molecule has 3 N–H and O–H groups in total. The summed E-state index contributed by atoms with van der Waals surface area (Å²) in [5.41, 5.74) is -0.370. The molecule has 1 unspecified atom stereocenters. The third-order valence-corrected chi connectivity index (χ3v) is 3.12. The van der Waals surface area contributed by atoms with Gasteiger partial charge in [0.15, 0.2) is 0 Å². The third-order valence-electron chi connectivity index (χ3n) is 2.52. The number of nitrogens with one attached hydrogen (secondary N) is 1.